The summed E-state index contributed by atoms with van der Waals surface area (Å²) in [5.41, 5.74) is 0.847. The highest BCUT2D eigenvalue weighted by molar-refractivity contribution is 5.48. The number of hydrogen-bond donors (Lipinski definition) is 0. The molecule has 0 amide bonds. The standard InChI is InChI=1S/C10H11NO3/c1-3-4-8-5-6-10(14-2)9(7-8)11(12)13/h3,5-7H,1,4H2,2H3. The van der Waals surface area contributed by atoms with E-state index in [9.17, 15) is 10.1 Å². The van der Waals surface area contributed by atoms with Crippen molar-refractivity contribution < 1.29 is 9.66 Å². The van der Waals surface area contributed by atoms with Crippen molar-refractivity contribution in [2.24, 2.45) is 0 Å². The fourth-order valence-corrected chi connectivity index (χ4v) is 1.17. The van der Waals surface area contributed by atoms with E-state index in [-0.39, 0.29) is 11.4 Å². The molecule has 0 unspecified atom stereocenters. The third kappa shape index (κ3) is 2.10. The summed E-state index contributed by atoms with van der Waals surface area (Å²) in [5.74, 6) is 0.280. The molecule has 0 spiro atoms. The molecule has 0 saturated carbocycles. The number of nitro benzene ring substituents is 1. The van der Waals surface area contributed by atoms with Gasteiger partial charge in [0.1, 0.15) is 0 Å². The van der Waals surface area contributed by atoms with E-state index >= 15 is 0 Å². The van der Waals surface area contributed by atoms with Gasteiger partial charge in [0.2, 0.25) is 0 Å². The summed E-state index contributed by atoms with van der Waals surface area (Å²) in [6.45, 7) is 3.57. The molecule has 0 atom stereocenters. The van der Waals surface area contributed by atoms with Crippen LogP contribution >= 0.6 is 0 Å². The quantitative estimate of drug-likeness (QED) is 0.419. The van der Waals surface area contributed by atoms with Gasteiger partial charge in [0, 0.05) is 6.07 Å². The van der Waals surface area contributed by atoms with Crippen molar-refractivity contribution in [3.05, 3.63) is 46.5 Å². The first-order valence-electron chi connectivity index (χ1n) is 4.11. The zero-order valence-corrected chi connectivity index (χ0v) is 7.90. The molecule has 0 aliphatic heterocycles. The Balaban J connectivity index is 3.13. The predicted octanol–water partition coefficient (Wildman–Crippen LogP) is 2.33. The summed E-state index contributed by atoms with van der Waals surface area (Å²) >= 11 is 0. The van der Waals surface area contributed by atoms with Gasteiger partial charge >= 0.3 is 5.69 Å². The first kappa shape index (κ1) is 10.2. The van der Waals surface area contributed by atoms with Crippen molar-refractivity contribution in [3.8, 4) is 5.75 Å². The molecule has 0 radical (unpaired) electrons. The van der Waals surface area contributed by atoms with Gasteiger partial charge in [-0.2, -0.15) is 0 Å². The summed E-state index contributed by atoms with van der Waals surface area (Å²) in [4.78, 5) is 10.2. The minimum absolute atomic E-state index is 0.00755. The molecule has 0 aliphatic carbocycles. The van der Waals surface area contributed by atoms with Crippen LogP contribution < -0.4 is 4.74 Å². The minimum Gasteiger partial charge on any atom is -0.490 e. The van der Waals surface area contributed by atoms with Crippen molar-refractivity contribution in [1.82, 2.24) is 0 Å². The maximum Gasteiger partial charge on any atom is 0.311 e. The van der Waals surface area contributed by atoms with Gasteiger partial charge in [-0.25, -0.2) is 0 Å². The number of hydrogen-bond acceptors (Lipinski definition) is 3. The lowest BCUT2D eigenvalue weighted by atomic mass is 10.1. The van der Waals surface area contributed by atoms with Crippen LogP contribution in [0.15, 0.2) is 30.9 Å². The molecule has 0 saturated heterocycles. The van der Waals surface area contributed by atoms with E-state index in [2.05, 4.69) is 6.58 Å². The molecule has 0 heterocycles. The fraction of sp³-hybridized carbons (Fsp3) is 0.200. The smallest absolute Gasteiger partial charge is 0.311 e. The Labute approximate surface area is 82.0 Å². The molecule has 1 aromatic carbocycles. The number of benzene rings is 1. The van der Waals surface area contributed by atoms with E-state index < -0.39 is 4.92 Å². The maximum absolute atomic E-state index is 10.6. The van der Waals surface area contributed by atoms with Crippen molar-refractivity contribution in [2.75, 3.05) is 7.11 Å². The molecule has 4 heteroatoms. The number of ether oxygens (including phenoxy) is 1. The van der Waals surface area contributed by atoms with E-state index in [1.807, 2.05) is 0 Å². The molecule has 14 heavy (non-hydrogen) atoms. The highest BCUT2D eigenvalue weighted by atomic mass is 16.6. The molecule has 74 valence electrons. The van der Waals surface area contributed by atoms with Crippen LogP contribution in [0.3, 0.4) is 0 Å². The van der Waals surface area contributed by atoms with Gasteiger partial charge < -0.3 is 4.74 Å². The van der Waals surface area contributed by atoms with Gasteiger partial charge in [0.25, 0.3) is 0 Å². The Hall–Kier alpha value is -1.84. The first-order chi connectivity index (χ1) is 6.69. The molecule has 4 nitrogen and oxygen atoms in total. The molecule has 0 N–H and O–H groups in total. The number of allylic oxidation sites excluding steroid dienone is 1. The second-order valence-electron chi connectivity index (χ2n) is 2.76. The Morgan fingerprint density at radius 2 is 2.36 bits per heavy atom. The van der Waals surface area contributed by atoms with E-state index in [4.69, 9.17) is 4.74 Å². The van der Waals surface area contributed by atoms with Crippen LogP contribution in [0.4, 0.5) is 5.69 Å². The average Bonchev–Trinajstić information content (AvgIpc) is 2.18. The number of nitrogens with zero attached hydrogens (tertiary/aromatic N) is 1. The van der Waals surface area contributed by atoms with E-state index in [0.717, 1.165) is 5.56 Å². The van der Waals surface area contributed by atoms with Gasteiger partial charge in [0.15, 0.2) is 5.75 Å². The average molecular weight is 193 g/mol. The largest absolute Gasteiger partial charge is 0.490 e. The van der Waals surface area contributed by atoms with Crippen molar-refractivity contribution in [3.63, 3.8) is 0 Å². The lowest BCUT2D eigenvalue weighted by Gasteiger charge is -2.02. The van der Waals surface area contributed by atoms with Crippen molar-refractivity contribution in [1.29, 1.82) is 0 Å². The van der Waals surface area contributed by atoms with Crippen LogP contribution in [0.2, 0.25) is 0 Å². The second-order valence-corrected chi connectivity index (χ2v) is 2.76. The molecular formula is C10H11NO3. The first-order valence-corrected chi connectivity index (χ1v) is 4.11. The van der Waals surface area contributed by atoms with Crippen LogP contribution in [-0.2, 0) is 6.42 Å². The lowest BCUT2D eigenvalue weighted by Crippen LogP contribution is -1.94. The summed E-state index contributed by atoms with van der Waals surface area (Å²) in [6.07, 6.45) is 2.32. The van der Waals surface area contributed by atoms with Gasteiger partial charge in [-0.1, -0.05) is 12.1 Å². The van der Waals surface area contributed by atoms with Crippen LogP contribution in [0.5, 0.6) is 5.75 Å². The molecule has 0 bridgehead atoms. The second kappa shape index (κ2) is 4.41. The highest BCUT2D eigenvalue weighted by Crippen LogP contribution is 2.27. The Morgan fingerprint density at radius 1 is 1.64 bits per heavy atom. The highest BCUT2D eigenvalue weighted by Gasteiger charge is 2.14. The van der Waals surface area contributed by atoms with Crippen LogP contribution in [-0.4, -0.2) is 12.0 Å². The van der Waals surface area contributed by atoms with Crippen LogP contribution in [0.25, 0.3) is 0 Å². The molecule has 1 aromatic rings. The summed E-state index contributed by atoms with van der Waals surface area (Å²) in [7, 11) is 1.41. The van der Waals surface area contributed by atoms with Crippen LogP contribution in [0.1, 0.15) is 5.56 Å². The summed E-state index contributed by atoms with van der Waals surface area (Å²) in [6, 6.07) is 4.88. The zero-order valence-electron chi connectivity index (χ0n) is 7.90. The van der Waals surface area contributed by atoms with E-state index in [0.29, 0.717) is 6.42 Å². The normalized spacial score (nSPS) is 9.50. The molecule has 0 fully saturated rings. The Kier molecular flexibility index (Phi) is 3.23. The SMILES string of the molecule is C=CCc1ccc(OC)c([N+](=O)[O-])c1. The zero-order chi connectivity index (χ0) is 10.6. The molecule has 1 rings (SSSR count). The third-order valence-corrected chi connectivity index (χ3v) is 1.82. The van der Waals surface area contributed by atoms with E-state index in [1.54, 1.807) is 18.2 Å². The molecule has 0 aliphatic rings. The Morgan fingerprint density at radius 3 is 2.86 bits per heavy atom. The number of methoxy groups -OCH3 is 1. The van der Waals surface area contributed by atoms with Gasteiger partial charge in [0.05, 0.1) is 12.0 Å². The van der Waals surface area contributed by atoms with Gasteiger partial charge in [-0.15, -0.1) is 6.58 Å². The van der Waals surface area contributed by atoms with Crippen molar-refractivity contribution >= 4 is 5.69 Å². The summed E-state index contributed by atoms with van der Waals surface area (Å²) < 4.78 is 4.87. The predicted molar refractivity (Wildman–Crippen MR) is 53.5 cm³/mol. The lowest BCUT2D eigenvalue weighted by molar-refractivity contribution is -0.385. The van der Waals surface area contributed by atoms with Gasteiger partial charge in [-0.3, -0.25) is 10.1 Å². The topological polar surface area (TPSA) is 52.4 Å². The van der Waals surface area contributed by atoms with Gasteiger partial charge in [-0.05, 0) is 18.1 Å². The Bertz CT molecular complexity index is 360. The fourth-order valence-electron chi connectivity index (χ4n) is 1.17. The number of rotatable bonds is 4. The third-order valence-electron chi connectivity index (χ3n) is 1.82. The monoisotopic (exact) mass is 193 g/mol. The van der Waals surface area contributed by atoms with E-state index in [1.165, 1.54) is 13.2 Å². The van der Waals surface area contributed by atoms with Crippen molar-refractivity contribution in [2.45, 2.75) is 6.42 Å². The minimum atomic E-state index is -0.453. The maximum atomic E-state index is 10.6. The molecular weight excluding hydrogens is 182 g/mol. The number of nitro groups is 1. The summed E-state index contributed by atoms with van der Waals surface area (Å²) in [5, 5.41) is 10.6. The van der Waals surface area contributed by atoms with Crippen LogP contribution in [0, 0.1) is 10.1 Å². The molecule has 0 aromatic heterocycles.